The molecular weight excluding hydrogens is 299 g/mol. The van der Waals surface area contributed by atoms with Crippen LogP contribution in [0, 0.1) is 0 Å². The Morgan fingerprint density at radius 1 is 0.667 bits per heavy atom. The molecule has 15 heavy (non-hydrogen) atoms. The van der Waals surface area contributed by atoms with E-state index < -0.39 is 22.2 Å². The van der Waals surface area contributed by atoms with Crippen molar-refractivity contribution in [3.05, 3.63) is 22.8 Å². The minimum Gasteiger partial charge on any atom is -0.121 e. The summed E-state index contributed by atoms with van der Waals surface area (Å²) in [4.78, 5) is 0. The van der Waals surface area contributed by atoms with Gasteiger partial charge < -0.3 is 0 Å². The molecule has 88 valence electrons. The van der Waals surface area contributed by atoms with Crippen molar-refractivity contribution in [2.45, 2.75) is 32.7 Å². The molecule has 0 saturated carbocycles. The SMILES string of the molecule is C[Si](C)(C)/C=C/[Si](C)(C)/C=C/[Si](Cl)(Cl)Cl. The smallest absolute Gasteiger partial charge is 0.121 e. The molecule has 0 saturated heterocycles. The molecule has 0 fully saturated rings. The predicted molar refractivity (Wildman–Crippen MR) is 82.4 cm³/mol. The summed E-state index contributed by atoms with van der Waals surface area (Å²) in [7, 11) is -2.58. The Balaban J connectivity index is 4.58. The second-order valence-electron chi connectivity index (χ2n) is 5.40. The third-order valence-corrected chi connectivity index (χ3v) is 7.28. The zero-order valence-corrected chi connectivity index (χ0v) is 15.2. The molecule has 0 amide bonds. The molecular formula is C9H19Cl3Si3. The van der Waals surface area contributed by atoms with Gasteiger partial charge >= 0.3 is 6.00 Å². The molecule has 0 aliphatic heterocycles. The molecule has 0 bridgehead atoms. The minimum atomic E-state index is -2.59. The maximum absolute atomic E-state index is 5.82. The van der Waals surface area contributed by atoms with Crippen LogP contribution in [0.25, 0.3) is 0 Å². The van der Waals surface area contributed by atoms with Gasteiger partial charge in [-0.15, -0.1) is 38.9 Å². The summed E-state index contributed by atoms with van der Waals surface area (Å²) in [5, 5.41) is 0. The van der Waals surface area contributed by atoms with Gasteiger partial charge in [-0.1, -0.05) is 49.8 Å². The third-order valence-electron chi connectivity index (χ3n) is 1.71. The van der Waals surface area contributed by atoms with Crippen LogP contribution in [0.15, 0.2) is 22.8 Å². The summed E-state index contributed by atoms with van der Waals surface area (Å²) < 4.78 is 0. The van der Waals surface area contributed by atoms with Crippen LogP contribution in [-0.2, 0) is 0 Å². The van der Waals surface area contributed by atoms with Crippen LogP contribution in [0.4, 0.5) is 0 Å². The zero-order chi connectivity index (χ0) is 12.3. The van der Waals surface area contributed by atoms with Crippen molar-refractivity contribution in [1.29, 1.82) is 0 Å². The van der Waals surface area contributed by atoms with Crippen molar-refractivity contribution in [2.24, 2.45) is 0 Å². The van der Waals surface area contributed by atoms with Gasteiger partial charge in [0.05, 0.1) is 16.1 Å². The molecule has 0 aliphatic carbocycles. The first kappa shape index (κ1) is 16.0. The molecule has 0 rings (SSSR count). The molecule has 0 radical (unpaired) electrons. The number of halogens is 3. The quantitative estimate of drug-likeness (QED) is 0.508. The lowest BCUT2D eigenvalue weighted by molar-refractivity contribution is 1.75. The summed E-state index contributed by atoms with van der Waals surface area (Å²) in [6.45, 7) is 11.5. The van der Waals surface area contributed by atoms with E-state index in [1.807, 2.05) is 0 Å². The highest BCUT2D eigenvalue weighted by atomic mass is 35.8. The van der Waals surface area contributed by atoms with E-state index in [1.165, 1.54) is 0 Å². The molecule has 0 aromatic rings. The Hall–Kier alpha value is 1.00. The second-order valence-corrected chi connectivity index (χ2v) is 23.3. The average molecular weight is 318 g/mol. The zero-order valence-electron chi connectivity index (χ0n) is 9.94. The Morgan fingerprint density at radius 3 is 1.40 bits per heavy atom. The van der Waals surface area contributed by atoms with Crippen molar-refractivity contribution >= 4 is 55.4 Å². The topological polar surface area (TPSA) is 0 Å². The lowest BCUT2D eigenvalue weighted by Crippen LogP contribution is -2.25. The van der Waals surface area contributed by atoms with Crippen LogP contribution in [0.5, 0.6) is 0 Å². The van der Waals surface area contributed by atoms with E-state index in [0.717, 1.165) is 0 Å². The highest BCUT2D eigenvalue weighted by Crippen LogP contribution is 2.22. The number of rotatable bonds is 4. The Kier molecular flexibility index (Phi) is 5.93. The highest BCUT2D eigenvalue weighted by molar-refractivity contribution is 7.66. The van der Waals surface area contributed by atoms with Crippen molar-refractivity contribution in [2.75, 3.05) is 0 Å². The fraction of sp³-hybridized carbons (Fsp3) is 0.556. The fourth-order valence-electron chi connectivity index (χ4n) is 0.830. The molecule has 0 aliphatic rings. The van der Waals surface area contributed by atoms with Gasteiger partial charge in [0.25, 0.3) is 0 Å². The second kappa shape index (κ2) is 5.56. The summed E-state index contributed by atoms with van der Waals surface area (Å²) in [6, 6.07) is -2.59. The molecule has 0 unspecified atom stereocenters. The van der Waals surface area contributed by atoms with Crippen LogP contribution < -0.4 is 0 Å². The first-order valence-electron chi connectivity index (χ1n) is 4.89. The molecule has 0 spiro atoms. The predicted octanol–water partition coefficient (Wildman–Crippen LogP) is 4.96. The normalized spacial score (nSPS) is 15.5. The monoisotopic (exact) mass is 316 g/mol. The standard InChI is InChI=1S/C9H19Cl3Si3/c1-13(2,3)6-7-14(4,5)8-9-15(10,11)12/h6-9H,1-5H3/b7-6+,9-8+. The van der Waals surface area contributed by atoms with Gasteiger partial charge in [0, 0.05) is 0 Å². The van der Waals surface area contributed by atoms with Crippen molar-refractivity contribution < 1.29 is 0 Å². The summed E-state index contributed by atoms with van der Waals surface area (Å²) in [6.07, 6.45) is 0. The van der Waals surface area contributed by atoms with Crippen LogP contribution in [-0.4, -0.2) is 22.2 Å². The van der Waals surface area contributed by atoms with Crippen molar-refractivity contribution in [3.63, 3.8) is 0 Å². The molecule has 0 aromatic carbocycles. The van der Waals surface area contributed by atoms with Gasteiger partial charge in [0.2, 0.25) is 0 Å². The Morgan fingerprint density at radius 2 is 1.07 bits per heavy atom. The summed E-state index contributed by atoms with van der Waals surface area (Å²) >= 11 is 17.5. The highest BCUT2D eigenvalue weighted by Gasteiger charge is 2.23. The van der Waals surface area contributed by atoms with E-state index in [2.05, 4.69) is 49.8 Å². The first-order valence-corrected chi connectivity index (χ1v) is 16.7. The molecule has 0 nitrogen and oxygen atoms in total. The summed E-state index contributed by atoms with van der Waals surface area (Å²) in [5.74, 6) is 0. The van der Waals surface area contributed by atoms with Gasteiger partial charge in [0.15, 0.2) is 0 Å². The van der Waals surface area contributed by atoms with Gasteiger partial charge in [0.1, 0.15) is 0 Å². The van der Waals surface area contributed by atoms with Gasteiger partial charge in [-0.3, -0.25) is 0 Å². The Bertz CT molecular complexity index is 233. The van der Waals surface area contributed by atoms with E-state index in [4.69, 9.17) is 33.2 Å². The maximum atomic E-state index is 5.82. The van der Waals surface area contributed by atoms with E-state index in [-0.39, 0.29) is 0 Å². The van der Waals surface area contributed by atoms with E-state index in [1.54, 1.807) is 5.70 Å². The number of hydrogen-bond acceptors (Lipinski definition) is 0. The molecule has 0 aromatic heterocycles. The van der Waals surface area contributed by atoms with Gasteiger partial charge in [-0.2, -0.15) is 0 Å². The Labute approximate surface area is 110 Å². The van der Waals surface area contributed by atoms with Gasteiger partial charge in [-0.25, -0.2) is 0 Å². The summed E-state index contributed by atoms with van der Waals surface area (Å²) in [5.41, 5.74) is 8.66. The first-order chi connectivity index (χ1) is 6.41. The van der Waals surface area contributed by atoms with Crippen molar-refractivity contribution in [1.82, 2.24) is 0 Å². The minimum absolute atomic E-state index is 1.11. The maximum Gasteiger partial charge on any atom is 0.365 e. The van der Waals surface area contributed by atoms with Crippen molar-refractivity contribution in [3.8, 4) is 0 Å². The van der Waals surface area contributed by atoms with Crippen LogP contribution >= 0.6 is 33.2 Å². The largest absolute Gasteiger partial charge is 0.365 e. The fourth-order valence-corrected chi connectivity index (χ4v) is 8.83. The third kappa shape index (κ3) is 11.3. The molecule has 0 atom stereocenters. The lowest BCUT2D eigenvalue weighted by Gasteiger charge is -2.16. The van der Waals surface area contributed by atoms with Crippen LogP contribution in [0.1, 0.15) is 0 Å². The van der Waals surface area contributed by atoms with E-state index in [0.29, 0.717) is 0 Å². The van der Waals surface area contributed by atoms with Crippen LogP contribution in [0.3, 0.4) is 0 Å². The van der Waals surface area contributed by atoms with E-state index >= 15 is 0 Å². The lowest BCUT2D eigenvalue weighted by atomic mass is 11.2. The van der Waals surface area contributed by atoms with Gasteiger partial charge in [-0.05, 0) is 0 Å². The molecule has 6 heteroatoms. The molecule has 0 heterocycles. The number of hydrogen-bond donors (Lipinski definition) is 0. The van der Waals surface area contributed by atoms with E-state index in [9.17, 15) is 0 Å². The average Bonchev–Trinajstić information content (AvgIpc) is 1.96. The van der Waals surface area contributed by atoms with Crippen LogP contribution in [0.2, 0.25) is 32.7 Å². The molecule has 0 N–H and O–H groups in total.